The van der Waals surface area contributed by atoms with E-state index in [1.807, 2.05) is 22.8 Å². The van der Waals surface area contributed by atoms with E-state index in [2.05, 4.69) is 10.2 Å². The van der Waals surface area contributed by atoms with Crippen LogP contribution in [0.15, 0.2) is 18.2 Å². The molecule has 0 saturated carbocycles. The summed E-state index contributed by atoms with van der Waals surface area (Å²) in [6, 6.07) is 4.92. The SMILES string of the molecule is COCOc1cc(Cl)ccc1-c1nnc(N(C)[C@H]2CC3CCCC([C@H]2F)N3B(C)O)s1. The summed E-state index contributed by atoms with van der Waals surface area (Å²) in [5.74, 6) is 0.558. The molecule has 2 aliphatic rings. The Balaban J connectivity index is 1.56. The lowest BCUT2D eigenvalue weighted by Gasteiger charge is -2.52. The fourth-order valence-corrected chi connectivity index (χ4v) is 5.89. The van der Waals surface area contributed by atoms with Gasteiger partial charge in [-0.05, 0) is 44.3 Å². The second kappa shape index (κ2) is 9.58. The third-order valence-electron chi connectivity index (χ3n) is 6.24. The van der Waals surface area contributed by atoms with Crippen LogP contribution in [0.3, 0.4) is 0 Å². The Labute approximate surface area is 191 Å². The van der Waals surface area contributed by atoms with Crippen LogP contribution >= 0.6 is 22.9 Å². The maximum Gasteiger partial charge on any atom is 0.376 e. The van der Waals surface area contributed by atoms with Crippen molar-refractivity contribution in [3.63, 3.8) is 0 Å². The summed E-state index contributed by atoms with van der Waals surface area (Å²) < 4.78 is 26.2. The normalized spacial score (nSPS) is 26.0. The van der Waals surface area contributed by atoms with Crippen LogP contribution in [-0.2, 0) is 4.74 Å². The summed E-state index contributed by atoms with van der Waals surface area (Å²) in [4.78, 5) is 3.86. The van der Waals surface area contributed by atoms with Crippen LogP contribution < -0.4 is 9.64 Å². The fraction of sp³-hybridized carbons (Fsp3) is 0.600. The molecule has 2 fully saturated rings. The number of anilines is 1. The third kappa shape index (κ3) is 4.54. The molecule has 4 atom stereocenters. The number of methoxy groups -OCH3 is 1. The number of nitrogens with zero attached hydrogens (tertiary/aromatic N) is 4. The Morgan fingerprint density at radius 2 is 2.19 bits per heavy atom. The average Bonchev–Trinajstić information content (AvgIpc) is 3.24. The highest BCUT2D eigenvalue weighted by atomic mass is 35.5. The number of halogens is 2. The number of alkyl halides is 1. The topological polar surface area (TPSA) is 71.0 Å². The number of fused-ring (bicyclic) bond motifs is 2. The first-order chi connectivity index (χ1) is 14.9. The summed E-state index contributed by atoms with van der Waals surface area (Å²) in [5.41, 5.74) is 0.760. The maximum absolute atomic E-state index is 15.6. The zero-order chi connectivity index (χ0) is 22.1. The number of aromatic nitrogens is 2. The predicted octanol–water partition coefficient (Wildman–Crippen LogP) is 3.72. The molecule has 1 N–H and O–H groups in total. The summed E-state index contributed by atoms with van der Waals surface area (Å²) in [7, 11) is 2.79. The molecule has 0 aliphatic carbocycles. The van der Waals surface area contributed by atoms with Crippen molar-refractivity contribution in [2.24, 2.45) is 0 Å². The van der Waals surface area contributed by atoms with Gasteiger partial charge in [0.05, 0.1) is 11.6 Å². The zero-order valence-corrected chi connectivity index (χ0v) is 19.4. The minimum absolute atomic E-state index is 0.0903. The van der Waals surface area contributed by atoms with Gasteiger partial charge in [0, 0.05) is 31.3 Å². The summed E-state index contributed by atoms with van der Waals surface area (Å²) in [6.45, 7) is 1.82. The Bertz CT molecular complexity index is 907. The number of ether oxygens (including phenoxy) is 2. The highest BCUT2D eigenvalue weighted by Gasteiger charge is 2.49. The Morgan fingerprint density at radius 3 is 2.94 bits per heavy atom. The van der Waals surface area contributed by atoms with Crippen molar-refractivity contribution in [1.29, 1.82) is 0 Å². The van der Waals surface area contributed by atoms with Crippen molar-refractivity contribution < 1.29 is 18.9 Å². The summed E-state index contributed by atoms with van der Waals surface area (Å²) in [5, 5.41) is 20.7. The largest absolute Gasteiger partial charge is 0.467 e. The fourth-order valence-electron chi connectivity index (χ4n) is 4.84. The van der Waals surface area contributed by atoms with E-state index in [1.165, 1.54) is 11.3 Å². The molecule has 2 unspecified atom stereocenters. The van der Waals surface area contributed by atoms with Crippen LogP contribution in [0.1, 0.15) is 25.7 Å². The molecule has 2 aromatic rings. The molecule has 1 aromatic carbocycles. The van der Waals surface area contributed by atoms with Gasteiger partial charge in [0.2, 0.25) is 5.13 Å². The first kappa shape index (κ1) is 22.7. The molecule has 11 heteroatoms. The van der Waals surface area contributed by atoms with Crippen molar-refractivity contribution >= 4 is 35.1 Å². The van der Waals surface area contributed by atoms with E-state index in [1.54, 1.807) is 26.1 Å². The number of rotatable bonds is 7. The molecule has 0 spiro atoms. The standard InChI is InChI=1S/C20H27BClFN4O3S/c1-21(28)27-13-5-4-6-15(27)18(23)16(10-13)26(2)20-25-24-19(31-20)14-8-7-12(22)9-17(14)30-11-29-3/h7-9,13,15-16,18,28H,4-6,10-11H2,1-3H3/t13?,15?,16-,18+/m0/s1. The van der Waals surface area contributed by atoms with Crippen LogP contribution in [0.4, 0.5) is 9.52 Å². The van der Waals surface area contributed by atoms with E-state index < -0.39 is 13.2 Å². The van der Waals surface area contributed by atoms with Crippen LogP contribution in [0, 0.1) is 0 Å². The van der Waals surface area contributed by atoms with Gasteiger partial charge in [0.15, 0.2) is 11.8 Å². The van der Waals surface area contributed by atoms with E-state index in [4.69, 9.17) is 21.1 Å². The molecule has 31 heavy (non-hydrogen) atoms. The van der Waals surface area contributed by atoms with Gasteiger partial charge < -0.3 is 24.2 Å². The zero-order valence-electron chi connectivity index (χ0n) is 17.9. The molecule has 0 radical (unpaired) electrons. The highest BCUT2D eigenvalue weighted by Crippen LogP contribution is 2.41. The molecule has 3 heterocycles. The molecule has 168 valence electrons. The highest BCUT2D eigenvalue weighted by molar-refractivity contribution is 7.18. The molecule has 1 aromatic heterocycles. The van der Waals surface area contributed by atoms with Crippen molar-refractivity contribution in [2.75, 3.05) is 25.9 Å². The monoisotopic (exact) mass is 468 g/mol. The van der Waals surface area contributed by atoms with Crippen molar-refractivity contribution in [2.45, 2.75) is 56.8 Å². The summed E-state index contributed by atoms with van der Waals surface area (Å²) >= 11 is 7.50. The molecule has 0 amide bonds. The lowest BCUT2D eigenvalue weighted by Crippen LogP contribution is -2.66. The smallest absolute Gasteiger partial charge is 0.376 e. The van der Waals surface area contributed by atoms with Gasteiger partial charge in [-0.25, -0.2) is 4.39 Å². The van der Waals surface area contributed by atoms with Gasteiger partial charge in [-0.2, -0.15) is 0 Å². The van der Waals surface area contributed by atoms with E-state index in [0.29, 0.717) is 27.3 Å². The second-order valence-electron chi connectivity index (χ2n) is 8.17. The molecule has 2 aliphatic heterocycles. The Kier molecular flexibility index (Phi) is 7.02. The van der Waals surface area contributed by atoms with Gasteiger partial charge in [-0.1, -0.05) is 29.4 Å². The predicted molar refractivity (Wildman–Crippen MR) is 122 cm³/mol. The van der Waals surface area contributed by atoms with Crippen molar-refractivity contribution in [3.05, 3.63) is 23.2 Å². The van der Waals surface area contributed by atoms with Crippen LogP contribution in [0.2, 0.25) is 11.8 Å². The van der Waals surface area contributed by atoms with E-state index >= 15 is 4.39 Å². The van der Waals surface area contributed by atoms with Crippen molar-refractivity contribution in [3.8, 4) is 16.3 Å². The summed E-state index contributed by atoms with van der Waals surface area (Å²) in [6.07, 6.45) is 2.32. The molecule has 2 saturated heterocycles. The second-order valence-corrected chi connectivity index (χ2v) is 9.56. The van der Waals surface area contributed by atoms with Gasteiger partial charge in [-0.3, -0.25) is 0 Å². The van der Waals surface area contributed by atoms with Crippen LogP contribution in [0.25, 0.3) is 10.6 Å². The van der Waals surface area contributed by atoms with Gasteiger partial charge in [0.1, 0.15) is 11.9 Å². The molecular weight excluding hydrogens is 442 g/mol. The molecule has 2 bridgehead atoms. The lowest BCUT2D eigenvalue weighted by atomic mass is 9.70. The van der Waals surface area contributed by atoms with Gasteiger partial charge in [0.25, 0.3) is 0 Å². The first-order valence-electron chi connectivity index (χ1n) is 10.5. The van der Waals surface area contributed by atoms with E-state index in [9.17, 15) is 5.02 Å². The minimum atomic E-state index is -1.07. The number of hydrogen-bond donors (Lipinski definition) is 1. The van der Waals surface area contributed by atoms with Crippen LogP contribution in [0.5, 0.6) is 5.75 Å². The number of piperidine rings is 2. The molecular formula is C20H27BClFN4O3S. The molecule has 4 rings (SSSR count). The number of benzene rings is 1. The van der Waals surface area contributed by atoms with E-state index in [-0.39, 0.29) is 24.9 Å². The first-order valence-corrected chi connectivity index (χ1v) is 11.7. The van der Waals surface area contributed by atoms with Crippen molar-refractivity contribution in [1.82, 2.24) is 15.0 Å². The minimum Gasteiger partial charge on any atom is -0.467 e. The average molecular weight is 469 g/mol. The maximum atomic E-state index is 15.6. The van der Waals surface area contributed by atoms with Gasteiger partial charge >= 0.3 is 7.05 Å². The quantitative estimate of drug-likeness (QED) is 0.490. The lowest BCUT2D eigenvalue weighted by molar-refractivity contribution is 0.0204. The number of hydrogen-bond acceptors (Lipinski definition) is 8. The van der Waals surface area contributed by atoms with Gasteiger partial charge in [-0.15, -0.1) is 10.2 Å². The molecule has 7 nitrogen and oxygen atoms in total. The third-order valence-corrected chi connectivity index (χ3v) is 7.52. The van der Waals surface area contributed by atoms with Crippen LogP contribution in [-0.4, -0.2) is 72.3 Å². The van der Waals surface area contributed by atoms with E-state index in [0.717, 1.165) is 24.8 Å². The Morgan fingerprint density at radius 1 is 1.39 bits per heavy atom. The Hall–Kier alpha value is -1.46.